The van der Waals surface area contributed by atoms with E-state index in [1.54, 1.807) is 12.1 Å². The van der Waals surface area contributed by atoms with Crippen LogP contribution in [0.5, 0.6) is 0 Å². The molecule has 0 unspecified atom stereocenters. The number of aromatic nitrogens is 2. The number of rotatable bonds is 6. The molecule has 0 spiro atoms. The SMILES string of the molecule is Cn1c(CCN2CCN(C(=O)c3ccccc3)CC2)nc2cc(NC(=O)c3ccco3)ccc21. The minimum atomic E-state index is -0.287. The highest BCUT2D eigenvalue weighted by atomic mass is 16.3. The fraction of sp³-hybridized carbons (Fsp3) is 0.269. The second-order valence-corrected chi connectivity index (χ2v) is 8.47. The first-order valence-corrected chi connectivity index (χ1v) is 11.5. The molecular formula is C26H27N5O3. The van der Waals surface area contributed by atoms with Gasteiger partial charge in [-0.15, -0.1) is 0 Å². The summed E-state index contributed by atoms with van der Waals surface area (Å²) < 4.78 is 7.25. The van der Waals surface area contributed by atoms with E-state index in [0.717, 1.165) is 61.6 Å². The van der Waals surface area contributed by atoms with Gasteiger partial charge in [0, 0.05) is 57.4 Å². The Morgan fingerprint density at radius 2 is 1.79 bits per heavy atom. The lowest BCUT2D eigenvalue weighted by atomic mass is 10.2. The number of fused-ring (bicyclic) bond motifs is 1. The second kappa shape index (κ2) is 9.52. The molecule has 0 aliphatic carbocycles. The van der Waals surface area contributed by atoms with Crippen molar-refractivity contribution in [3.8, 4) is 0 Å². The topological polar surface area (TPSA) is 83.6 Å². The summed E-state index contributed by atoms with van der Waals surface area (Å²) in [5, 5.41) is 2.85. The molecule has 2 aromatic carbocycles. The fourth-order valence-corrected chi connectivity index (χ4v) is 4.35. The van der Waals surface area contributed by atoms with Crippen molar-refractivity contribution >= 4 is 28.5 Å². The number of carbonyl (C=O) groups is 2. The maximum Gasteiger partial charge on any atom is 0.291 e. The van der Waals surface area contributed by atoms with Crippen LogP contribution in [0.2, 0.25) is 0 Å². The predicted molar refractivity (Wildman–Crippen MR) is 130 cm³/mol. The number of furan rings is 1. The Labute approximate surface area is 197 Å². The molecule has 0 radical (unpaired) electrons. The smallest absolute Gasteiger partial charge is 0.291 e. The molecule has 0 atom stereocenters. The van der Waals surface area contributed by atoms with Gasteiger partial charge in [-0.2, -0.15) is 0 Å². The van der Waals surface area contributed by atoms with Crippen molar-refractivity contribution in [2.24, 2.45) is 7.05 Å². The van der Waals surface area contributed by atoms with E-state index in [-0.39, 0.29) is 17.6 Å². The highest BCUT2D eigenvalue weighted by molar-refractivity contribution is 6.03. The van der Waals surface area contributed by atoms with Crippen molar-refractivity contribution in [1.29, 1.82) is 0 Å². The van der Waals surface area contributed by atoms with E-state index in [2.05, 4.69) is 14.8 Å². The van der Waals surface area contributed by atoms with E-state index in [0.29, 0.717) is 5.69 Å². The number of amides is 2. The molecule has 5 rings (SSSR count). The second-order valence-electron chi connectivity index (χ2n) is 8.47. The van der Waals surface area contributed by atoms with Gasteiger partial charge in [-0.25, -0.2) is 4.98 Å². The van der Waals surface area contributed by atoms with Gasteiger partial charge in [-0.1, -0.05) is 18.2 Å². The van der Waals surface area contributed by atoms with E-state index < -0.39 is 0 Å². The summed E-state index contributed by atoms with van der Waals surface area (Å²) in [6.45, 7) is 4.05. The quantitative estimate of drug-likeness (QED) is 0.480. The van der Waals surface area contributed by atoms with Crippen LogP contribution in [0.1, 0.15) is 26.7 Å². The zero-order valence-electron chi connectivity index (χ0n) is 19.1. The summed E-state index contributed by atoms with van der Waals surface area (Å²) in [5.41, 5.74) is 3.28. The van der Waals surface area contributed by atoms with Crippen molar-refractivity contribution in [3.63, 3.8) is 0 Å². The summed E-state index contributed by atoms with van der Waals surface area (Å²) in [4.78, 5) is 34.0. The molecule has 8 heteroatoms. The Balaban J connectivity index is 1.18. The monoisotopic (exact) mass is 457 g/mol. The van der Waals surface area contributed by atoms with Crippen LogP contribution in [0.15, 0.2) is 71.3 Å². The number of imidazole rings is 1. The van der Waals surface area contributed by atoms with Gasteiger partial charge in [0.2, 0.25) is 0 Å². The Hall–Kier alpha value is -3.91. The Morgan fingerprint density at radius 1 is 1.00 bits per heavy atom. The lowest BCUT2D eigenvalue weighted by Crippen LogP contribution is -2.49. The number of carbonyl (C=O) groups excluding carboxylic acids is 2. The molecular weight excluding hydrogens is 430 g/mol. The molecule has 174 valence electrons. The fourth-order valence-electron chi connectivity index (χ4n) is 4.35. The third-order valence-corrected chi connectivity index (χ3v) is 6.31. The zero-order chi connectivity index (χ0) is 23.5. The summed E-state index contributed by atoms with van der Waals surface area (Å²) in [6.07, 6.45) is 2.29. The number of hydrogen-bond donors (Lipinski definition) is 1. The first-order chi connectivity index (χ1) is 16.6. The largest absolute Gasteiger partial charge is 0.459 e. The summed E-state index contributed by atoms with van der Waals surface area (Å²) in [7, 11) is 2.02. The minimum absolute atomic E-state index is 0.102. The van der Waals surface area contributed by atoms with Crippen LogP contribution < -0.4 is 5.32 Å². The Kier molecular flexibility index (Phi) is 6.14. The van der Waals surface area contributed by atoms with Crippen molar-refractivity contribution in [3.05, 3.63) is 84.1 Å². The van der Waals surface area contributed by atoms with Crippen molar-refractivity contribution in [1.82, 2.24) is 19.4 Å². The number of anilines is 1. The van der Waals surface area contributed by atoms with Crippen LogP contribution in [0.4, 0.5) is 5.69 Å². The maximum absolute atomic E-state index is 12.7. The van der Waals surface area contributed by atoms with Crippen molar-refractivity contribution in [2.45, 2.75) is 6.42 Å². The Bertz CT molecular complexity index is 1290. The van der Waals surface area contributed by atoms with Crippen LogP contribution in [0.3, 0.4) is 0 Å². The Morgan fingerprint density at radius 3 is 2.53 bits per heavy atom. The number of benzene rings is 2. The van der Waals surface area contributed by atoms with Crippen LogP contribution in [-0.2, 0) is 13.5 Å². The highest BCUT2D eigenvalue weighted by Gasteiger charge is 2.22. The van der Waals surface area contributed by atoms with Crippen LogP contribution in [-0.4, -0.2) is 63.9 Å². The van der Waals surface area contributed by atoms with Gasteiger partial charge in [0.15, 0.2) is 5.76 Å². The molecule has 34 heavy (non-hydrogen) atoms. The number of aryl methyl sites for hydroxylation is 1. The maximum atomic E-state index is 12.7. The van der Waals surface area contributed by atoms with Gasteiger partial charge in [0.25, 0.3) is 11.8 Å². The minimum Gasteiger partial charge on any atom is -0.459 e. The molecule has 1 N–H and O–H groups in total. The van der Waals surface area contributed by atoms with E-state index in [4.69, 9.17) is 9.40 Å². The first-order valence-electron chi connectivity index (χ1n) is 11.5. The molecule has 2 amide bonds. The molecule has 1 aliphatic heterocycles. The standard InChI is InChI=1S/C26H27N5O3/c1-29-22-10-9-20(27-25(32)23-8-5-17-34-23)18-21(22)28-24(29)11-12-30-13-15-31(16-14-30)26(33)19-6-3-2-4-7-19/h2-10,17-18H,11-16H2,1H3,(H,27,32). The van der Waals surface area contributed by atoms with Crippen LogP contribution in [0, 0.1) is 0 Å². The molecule has 0 saturated carbocycles. The molecule has 1 fully saturated rings. The molecule has 0 bridgehead atoms. The van der Waals surface area contributed by atoms with E-state index in [1.165, 1.54) is 6.26 Å². The summed E-state index contributed by atoms with van der Waals surface area (Å²) in [5.74, 6) is 1.08. The first kappa shape index (κ1) is 21.9. The molecule has 2 aromatic heterocycles. The average Bonchev–Trinajstić information content (AvgIpc) is 3.52. The van der Waals surface area contributed by atoms with Gasteiger partial charge in [-0.05, 0) is 42.5 Å². The number of piperazine rings is 1. The lowest BCUT2D eigenvalue weighted by Gasteiger charge is -2.34. The van der Waals surface area contributed by atoms with Crippen molar-refractivity contribution in [2.75, 3.05) is 38.0 Å². The van der Waals surface area contributed by atoms with E-state index >= 15 is 0 Å². The predicted octanol–water partition coefficient (Wildman–Crippen LogP) is 3.42. The lowest BCUT2D eigenvalue weighted by molar-refractivity contribution is 0.0637. The van der Waals surface area contributed by atoms with E-state index in [9.17, 15) is 9.59 Å². The number of hydrogen-bond acceptors (Lipinski definition) is 5. The van der Waals surface area contributed by atoms with Gasteiger partial charge in [-0.3, -0.25) is 14.5 Å². The molecule has 3 heterocycles. The normalized spacial score (nSPS) is 14.4. The third kappa shape index (κ3) is 4.58. The summed E-state index contributed by atoms with van der Waals surface area (Å²) >= 11 is 0. The number of nitrogens with one attached hydrogen (secondary N) is 1. The average molecular weight is 458 g/mol. The molecule has 4 aromatic rings. The molecule has 1 aliphatic rings. The number of nitrogens with zero attached hydrogens (tertiary/aromatic N) is 4. The van der Waals surface area contributed by atoms with E-state index in [1.807, 2.05) is 60.5 Å². The van der Waals surface area contributed by atoms with Gasteiger partial charge < -0.3 is 19.2 Å². The van der Waals surface area contributed by atoms with Crippen LogP contribution >= 0.6 is 0 Å². The van der Waals surface area contributed by atoms with Crippen molar-refractivity contribution < 1.29 is 14.0 Å². The van der Waals surface area contributed by atoms with Gasteiger partial charge >= 0.3 is 0 Å². The van der Waals surface area contributed by atoms with Crippen LogP contribution in [0.25, 0.3) is 11.0 Å². The zero-order valence-corrected chi connectivity index (χ0v) is 19.1. The molecule has 1 saturated heterocycles. The highest BCUT2D eigenvalue weighted by Crippen LogP contribution is 2.21. The van der Waals surface area contributed by atoms with Gasteiger partial charge in [0.1, 0.15) is 5.82 Å². The third-order valence-electron chi connectivity index (χ3n) is 6.31. The van der Waals surface area contributed by atoms with Gasteiger partial charge in [0.05, 0.1) is 17.3 Å². The summed E-state index contributed by atoms with van der Waals surface area (Å²) in [6, 6.07) is 18.5. The molecule has 8 nitrogen and oxygen atoms in total.